The molecule has 1 N–H and O–H groups in total. The maximum Gasteiger partial charge on any atom is 0.104 e. The third-order valence-electron chi connectivity index (χ3n) is 3.19. The lowest BCUT2D eigenvalue weighted by atomic mass is 9.95. The molecule has 0 saturated heterocycles. The number of nitrogens with zero attached hydrogens (tertiary/aromatic N) is 1. The van der Waals surface area contributed by atoms with Gasteiger partial charge in [0.2, 0.25) is 0 Å². The average Bonchev–Trinajstić information content (AvgIpc) is 2.49. The van der Waals surface area contributed by atoms with Crippen LogP contribution in [0.3, 0.4) is 0 Å². The quantitative estimate of drug-likeness (QED) is 0.898. The number of aliphatic hydroxyl groups excluding tert-OH is 1. The Hall–Kier alpha value is -1.90. The summed E-state index contributed by atoms with van der Waals surface area (Å²) in [6, 6.07) is 19.8. The van der Waals surface area contributed by atoms with E-state index >= 15 is 0 Å². The zero-order valence-electron chi connectivity index (χ0n) is 12.0. The summed E-state index contributed by atoms with van der Waals surface area (Å²) in [4.78, 5) is 2.08. The molecule has 0 bridgehead atoms. The molecule has 2 heteroatoms. The number of rotatable bonds is 5. The monoisotopic (exact) mass is 267 g/mol. The highest BCUT2D eigenvalue weighted by Gasteiger charge is 2.14. The topological polar surface area (TPSA) is 23.5 Å². The highest BCUT2D eigenvalue weighted by Crippen LogP contribution is 2.29. The van der Waals surface area contributed by atoms with Crippen molar-refractivity contribution in [3.8, 4) is 0 Å². The molecule has 0 aromatic heterocycles. The van der Waals surface area contributed by atoms with E-state index in [9.17, 15) is 5.11 Å². The second-order valence-corrected chi connectivity index (χ2v) is 5.10. The summed E-state index contributed by atoms with van der Waals surface area (Å²) in [5, 5.41) is 10.7. The third kappa shape index (κ3) is 3.80. The fourth-order valence-corrected chi connectivity index (χ4v) is 2.11. The van der Waals surface area contributed by atoms with Crippen molar-refractivity contribution < 1.29 is 5.11 Å². The van der Waals surface area contributed by atoms with E-state index in [-0.39, 0.29) is 0 Å². The number of hydrogen-bond acceptors (Lipinski definition) is 2. The van der Waals surface area contributed by atoms with Crippen molar-refractivity contribution in [3.63, 3.8) is 0 Å². The van der Waals surface area contributed by atoms with Crippen molar-refractivity contribution in [1.82, 2.24) is 4.90 Å². The van der Waals surface area contributed by atoms with Crippen LogP contribution in [0, 0.1) is 0 Å². The predicted octanol–water partition coefficient (Wildman–Crippen LogP) is 3.37. The van der Waals surface area contributed by atoms with E-state index in [0.29, 0.717) is 0 Å². The molecule has 2 nitrogen and oxygen atoms in total. The van der Waals surface area contributed by atoms with Crippen molar-refractivity contribution in [2.75, 3.05) is 20.6 Å². The van der Waals surface area contributed by atoms with Crippen LogP contribution in [0.5, 0.6) is 0 Å². The minimum atomic E-state index is -0.599. The first-order chi connectivity index (χ1) is 9.68. The standard InChI is InChI=1S/C18H21NO/c1-19(2)14-13-17(15-9-5-3-6-10-15)18(20)16-11-7-4-8-12-16/h3-13,18,20H,14H2,1-2H3. The first-order valence-corrected chi connectivity index (χ1v) is 6.81. The van der Waals surface area contributed by atoms with Gasteiger partial charge in [-0.1, -0.05) is 66.7 Å². The van der Waals surface area contributed by atoms with E-state index in [0.717, 1.165) is 23.2 Å². The maximum absolute atomic E-state index is 10.7. The lowest BCUT2D eigenvalue weighted by Gasteiger charge is -2.17. The lowest BCUT2D eigenvalue weighted by Crippen LogP contribution is -2.12. The van der Waals surface area contributed by atoms with Crippen LogP contribution in [-0.4, -0.2) is 30.6 Å². The normalized spacial score (nSPS) is 13.5. The van der Waals surface area contributed by atoms with Crippen LogP contribution in [0.1, 0.15) is 17.2 Å². The van der Waals surface area contributed by atoms with Gasteiger partial charge in [-0.25, -0.2) is 0 Å². The van der Waals surface area contributed by atoms with Crippen molar-refractivity contribution in [2.45, 2.75) is 6.10 Å². The first kappa shape index (κ1) is 14.5. The van der Waals surface area contributed by atoms with Gasteiger partial charge in [0, 0.05) is 6.54 Å². The van der Waals surface area contributed by atoms with E-state index < -0.39 is 6.10 Å². The summed E-state index contributed by atoms with van der Waals surface area (Å²) in [6.45, 7) is 0.800. The van der Waals surface area contributed by atoms with Gasteiger partial charge in [-0.2, -0.15) is 0 Å². The molecule has 0 aliphatic rings. The van der Waals surface area contributed by atoms with Crippen molar-refractivity contribution >= 4 is 5.57 Å². The molecular weight excluding hydrogens is 246 g/mol. The average molecular weight is 267 g/mol. The summed E-state index contributed by atoms with van der Waals surface area (Å²) >= 11 is 0. The van der Waals surface area contributed by atoms with Crippen LogP contribution in [0.2, 0.25) is 0 Å². The van der Waals surface area contributed by atoms with E-state index in [1.807, 2.05) is 74.8 Å². The number of likely N-dealkylation sites (N-methyl/N-ethyl adjacent to an activating group) is 1. The molecule has 2 aromatic carbocycles. The molecule has 0 amide bonds. The van der Waals surface area contributed by atoms with Crippen molar-refractivity contribution in [2.24, 2.45) is 0 Å². The third-order valence-corrected chi connectivity index (χ3v) is 3.19. The fraction of sp³-hybridized carbons (Fsp3) is 0.222. The van der Waals surface area contributed by atoms with Crippen LogP contribution < -0.4 is 0 Å². The Balaban J connectivity index is 2.34. The van der Waals surface area contributed by atoms with Crippen molar-refractivity contribution in [1.29, 1.82) is 0 Å². The predicted molar refractivity (Wildman–Crippen MR) is 84.4 cm³/mol. The molecule has 1 unspecified atom stereocenters. The molecule has 0 heterocycles. The zero-order chi connectivity index (χ0) is 14.4. The van der Waals surface area contributed by atoms with E-state index in [2.05, 4.69) is 11.0 Å². The Morgan fingerprint density at radius 1 is 1.00 bits per heavy atom. The van der Waals surface area contributed by atoms with E-state index in [1.165, 1.54) is 0 Å². The number of hydrogen-bond donors (Lipinski definition) is 1. The molecule has 104 valence electrons. The molecule has 20 heavy (non-hydrogen) atoms. The Labute approximate surface area is 121 Å². The molecule has 0 radical (unpaired) electrons. The van der Waals surface area contributed by atoms with Gasteiger partial charge in [0.1, 0.15) is 6.10 Å². The zero-order valence-corrected chi connectivity index (χ0v) is 12.0. The smallest absolute Gasteiger partial charge is 0.104 e. The van der Waals surface area contributed by atoms with Gasteiger partial charge in [0.15, 0.2) is 0 Å². The Kier molecular flexibility index (Phi) is 5.10. The van der Waals surface area contributed by atoms with Crippen molar-refractivity contribution in [3.05, 3.63) is 77.9 Å². The number of aliphatic hydroxyl groups is 1. The molecule has 0 spiro atoms. The molecule has 2 rings (SSSR count). The Bertz CT molecular complexity index is 546. The molecule has 2 aromatic rings. The molecule has 0 fully saturated rings. The van der Waals surface area contributed by atoms with Crippen LogP contribution in [0.25, 0.3) is 5.57 Å². The molecular formula is C18H21NO. The van der Waals surface area contributed by atoms with Crippen LogP contribution in [-0.2, 0) is 0 Å². The SMILES string of the molecule is CN(C)CC=C(c1ccccc1)C(O)c1ccccc1. The molecule has 0 aliphatic carbocycles. The first-order valence-electron chi connectivity index (χ1n) is 6.81. The van der Waals surface area contributed by atoms with E-state index in [1.54, 1.807) is 0 Å². The summed E-state index contributed by atoms with van der Waals surface area (Å²) in [6.07, 6.45) is 1.49. The van der Waals surface area contributed by atoms with E-state index in [4.69, 9.17) is 0 Å². The summed E-state index contributed by atoms with van der Waals surface area (Å²) in [5.74, 6) is 0. The second kappa shape index (κ2) is 7.04. The minimum absolute atomic E-state index is 0.599. The highest BCUT2D eigenvalue weighted by atomic mass is 16.3. The summed E-state index contributed by atoms with van der Waals surface area (Å²) in [7, 11) is 4.04. The summed E-state index contributed by atoms with van der Waals surface area (Å²) < 4.78 is 0. The maximum atomic E-state index is 10.7. The largest absolute Gasteiger partial charge is 0.384 e. The lowest BCUT2D eigenvalue weighted by molar-refractivity contribution is 0.237. The minimum Gasteiger partial charge on any atom is -0.384 e. The Morgan fingerprint density at radius 2 is 1.55 bits per heavy atom. The molecule has 0 aliphatic heterocycles. The van der Waals surface area contributed by atoms with Gasteiger partial charge in [-0.3, -0.25) is 0 Å². The van der Waals surface area contributed by atoms with Crippen LogP contribution in [0.15, 0.2) is 66.7 Å². The molecule has 1 atom stereocenters. The number of benzene rings is 2. The summed E-state index contributed by atoms with van der Waals surface area (Å²) in [5.41, 5.74) is 2.93. The van der Waals surface area contributed by atoms with Gasteiger partial charge in [-0.15, -0.1) is 0 Å². The van der Waals surface area contributed by atoms with Crippen LogP contribution >= 0.6 is 0 Å². The van der Waals surface area contributed by atoms with Gasteiger partial charge in [0.25, 0.3) is 0 Å². The van der Waals surface area contributed by atoms with Gasteiger partial charge >= 0.3 is 0 Å². The van der Waals surface area contributed by atoms with Crippen LogP contribution in [0.4, 0.5) is 0 Å². The highest BCUT2D eigenvalue weighted by molar-refractivity contribution is 5.70. The van der Waals surface area contributed by atoms with Gasteiger partial charge in [0.05, 0.1) is 0 Å². The second-order valence-electron chi connectivity index (χ2n) is 5.10. The Morgan fingerprint density at radius 3 is 2.10 bits per heavy atom. The van der Waals surface area contributed by atoms with Gasteiger partial charge in [-0.05, 0) is 30.8 Å². The fourth-order valence-electron chi connectivity index (χ4n) is 2.11. The van der Waals surface area contributed by atoms with Gasteiger partial charge < -0.3 is 10.0 Å². The molecule has 0 saturated carbocycles.